The van der Waals surface area contributed by atoms with E-state index in [0.717, 1.165) is 25.7 Å². The number of nitriles is 1. The Kier molecular flexibility index (Phi) is 5.27. The summed E-state index contributed by atoms with van der Waals surface area (Å²) in [5.41, 5.74) is 0.137. The van der Waals surface area contributed by atoms with Crippen LogP contribution in [0.3, 0.4) is 0 Å². The van der Waals surface area contributed by atoms with E-state index in [1.54, 1.807) is 6.20 Å². The molecule has 2 aromatic heterocycles. The zero-order chi connectivity index (χ0) is 16.8. The third-order valence-corrected chi connectivity index (χ3v) is 4.70. The molecule has 0 atom stereocenters. The predicted molar refractivity (Wildman–Crippen MR) is 94.2 cm³/mol. The van der Waals surface area contributed by atoms with Crippen molar-refractivity contribution in [3.63, 3.8) is 0 Å². The molecular weight excluding hydrogens is 322 g/mol. The van der Waals surface area contributed by atoms with Gasteiger partial charge in [-0.2, -0.15) is 5.26 Å². The highest BCUT2D eigenvalue weighted by molar-refractivity contribution is 6.28. The third kappa shape index (κ3) is 3.82. The Morgan fingerprint density at radius 2 is 1.79 bits per heavy atom. The lowest BCUT2D eigenvalue weighted by Gasteiger charge is -2.28. The van der Waals surface area contributed by atoms with Gasteiger partial charge in [-0.15, -0.1) is 0 Å². The van der Waals surface area contributed by atoms with Crippen molar-refractivity contribution in [2.24, 2.45) is 0 Å². The minimum Gasteiger partial charge on any atom is -0.325 e. The van der Waals surface area contributed by atoms with Crippen LogP contribution < -0.4 is 5.32 Å². The Hall–Kier alpha value is -2.19. The fourth-order valence-electron chi connectivity index (χ4n) is 3.23. The maximum atomic E-state index is 9.90. The van der Waals surface area contributed by atoms with Gasteiger partial charge in [0.25, 0.3) is 0 Å². The maximum absolute atomic E-state index is 9.90. The van der Waals surface area contributed by atoms with Gasteiger partial charge in [-0.3, -0.25) is 0 Å². The molecule has 24 heavy (non-hydrogen) atoms. The number of hydrogen-bond acceptors (Lipinski definition) is 5. The molecule has 0 spiro atoms. The van der Waals surface area contributed by atoms with Crippen LogP contribution in [-0.4, -0.2) is 15.0 Å². The van der Waals surface area contributed by atoms with Crippen molar-refractivity contribution in [2.75, 3.05) is 5.32 Å². The summed E-state index contributed by atoms with van der Waals surface area (Å²) in [6.45, 7) is 0. The highest BCUT2D eigenvalue weighted by Gasteiger charge is 2.34. The second-order valence-corrected chi connectivity index (χ2v) is 6.55. The Balaban J connectivity index is 1.93. The lowest BCUT2D eigenvalue weighted by Crippen LogP contribution is -2.27. The Morgan fingerprint density at radius 3 is 2.46 bits per heavy atom. The molecule has 1 aliphatic carbocycles. The first kappa shape index (κ1) is 16.7. The van der Waals surface area contributed by atoms with E-state index >= 15 is 0 Å². The van der Waals surface area contributed by atoms with Gasteiger partial charge in [-0.1, -0.05) is 38.2 Å². The molecule has 5 nitrogen and oxygen atoms in total. The molecule has 0 unspecified atom stereocenters. The molecule has 3 rings (SSSR count). The molecule has 0 bridgehead atoms. The molecule has 1 aliphatic rings. The number of nitrogens with zero attached hydrogens (tertiary/aromatic N) is 4. The van der Waals surface area contributed by atoms with Gasteiger partial charge in [0.05, 0.1) is 17.2 Å². The molecule has 0 aromatic carbocycles. The van der Waals surface area contributed by atoms with Gasteiger partial charge in [-0.05, 0) is 36.6 Å². The summed E-state index contributed by atoms with van der Waals surface area (Å²) >= 11 is 6.14. The molecule has 1 N–H and O–H groups in total. The summed E-state index contributed by atoms with van der Waals surface area (Å²) in [4.78, 5) is 12.8. The van der Waals surface area contributed by atoms with E-state index in [1.165, 1.54) is 19.3 Å². The van der Waals surface area contributed by atoms with Crippen LogP contribution in [0, 0.1) is 11.3 Å². The summed E-state index contributed by atoms with van der Waals surface area (Å²) in [5.74, 6) is 1.25. The summed E-state index contributed by atoms with van der Waals surface area (Å²) in [5, 5.41) is 13.2. The van der Waals surface area contributed by atoms with Gasteiger partial charge < -0.3 is 5.32 Å². The van der Waals surface area contributed by atoms with Crippen LogP contribution in [-0.2, 0) is 5.41 Å². The smallest absolute Gasteiger partial charge is 0.224 e. The van der Waals surface area contributed by atoms with Crippen LogP contribution in [0.2, 0.25) is 5.28 Å². The molecule has 124 valence electrons. The number of pyridine rings is 1. The molecule has 1 saturated carbocycles. The zero-order valence-corrected chi connectivity index (χ0v) is 14.3. The van der Waals surface area contributed by atoms with Crippen LogP contribution >= 0.6 is 11.6 Å². The summed E-state index contributed by atoms with van der Waals surface area (Å²) in [7, 11) is 0. The maximum Gasteiger partial charge on any atom is 0.224 e. The second kappa shape index (κ2) is 7.59. The second-order valence-electron chi connectivity index (χ2n) is 6.21. The molecular formula is C18H20ClN5. The molecule has 1 fully saturated rings. The summed E-state index contributed by atoms with van der Waals surface area (Å²) < 4.78 is 0. The average molecular weight is 342 g/mol. The molecule has 0 radical (unpaired) electrons. The van der Waals surface area contributed by atoms with Crippen molar-refractivity contribution in [3.8, 4) is 6.07 Å². The first-order chi connectivity index (χ1) is 11.7. The van der Waals surface area contributed by atoms with Gasteiger partial charge >= 0.3 is 0 Å². The first-order valence-corrected chi connectivity index (χ1v) is 8.74. The zero-order valence-electron chi connectivity index (χ0n) is 13.5. The highest BCUT2D eigenvalue weighted by atomic mass is 35.5. The van der Waals surface area contributed by atoms with E-state index < -0.39 is 5.41 Å². The quantitative estimate of drug-likeness (QED) is 0.813. The van der Waals surface area contributed by atoms with E-state index in [4.69, 9.17) is 11.6 Å². The fourth-order valence-corrected chi connectivity index (χ4v) is 3.41. The van der Waals surface area contributed by atoms with Crippen molar-refractivity contribution in [1.29, 1.82) is 5.26 Å². The molecule has 2 aromatic rings. The van der Waals surface area contributed by atoms with Crippen molar-refractivity contribution in [2.45, 2.75) is 50.4 Å². The Bertz CT molecular complexity index is 718. The number of aromatic nitrogens is 3. The lowest BCUT2D eigenvalue weighted by molar-refractivity contribution is 0.378. The number of nitrogens with one attached hydrogen (secondary N) is 1. The van der Waals surface area contributed by atoms with E-state index in [1.807, 2.05) is 24.3 Å². The van der Waals surface area contributed by atoms with E-state index in [0.29, 0.717) is 17.3 Å². The standard InChI is InChI=1S/C18H20ClN5/c19-17-22-14(18(13-20)9-5-2-1-3-6-10-18)12-16(24-17)23-15-8-4-7-11-21-15/h4,7-8,11-12H,1-3,5-6,9-10H2,(H,21,22,23,24). The minimum atomic E-state index is -0.576. The summed E-state index contributed by atoms with van der Waals surface area (Å²) in [6, 6.07) is 9.96. The normalized spacial score (nSPS) is 17.3. The Morgan fingerprint density at radius 1 is 1.04 bits per heavy atom. The predicted octanol–water partition coefficient (Wildman–Crippen LogP) is 4.77. The number of hydrogen-bond donors (Lipinski definition) is 1. The van der Waals surface area contributed by atoms with E-state index in [-0.39, 0.29) is 5.28 Å². The fraction of sp³-hybridized carbons (Fsp3) is 0.444. The largest absolute Gasteiger partial charge is 0.325 e. The van der Waals surface area contributed by atoms with Crippen molar-refractivity contribution < 1.29 is 0 Å². The Labute approximate surface area is 147 Å². The molecule has 0 aliphatic heterocycles. The molecule has 6 heteroatoms. The lowest BCUT2D eigenvalue weighted by atomic mass is 9.75. The molecule has 0 saturated heterocycles. The number of halogens is 1. The first-order valence-electron chi connectivity index (χ1n) is 8.36. The summed E-state index contributed by atoms with van der Waals surface area (Å²) in [6.07, 6.45) is 9.01. The van der Waals surface area contributed by atoms with Gasteiger partial charge in [0.1, 0.15) is 11.6 Å². The molecule has 2 heterocycles. The van der Waals surface area contributed by atoms with Gasteiger partial charge in [-0.25, -0.2) is 15.0 Å². The SMILES string of the molecule is N#CC1(c2cc(Nc3ccccn3)nc(Cl)n2)CCCCCCC1. The van der Waals surface area contributed by atoms with Gasteiger partial charge in [0.2, 0.25) is 5.28 Å². The van der Waals surface area contributed by atoms with Crippen molar-refractivity contribution in [3.05, 3.63) is 41.4 Å². The van der Waals surface area contributed by atoms with E-state index in [9.17, 15) is 5.26 Å². The minimum absolute atomic E-state index is 0.155. The van der Waals surface area contributed by atoms with Crippen LogP contribution in [0.1, 0.15) is 50.6 Å². The van der Waals surface area contributed by atoms with Gasteiger partial charge in [0, 0.05) is 12.3 Å². The number of anilines is 2. The van der Waals surface area contributed by atoms with Crippen LogP contribution in [0.5, 0.6) is 0 Å². The van der Waals surface area contributed by atoms with Crippen molar-refractivity contribution >= 4 is 23.2 Å². The average Bonchev–Trinajstić information content (AvgIpc) is 2.56. The van der Waals surface area contributed by atoms with Crippen molar-refractivity contribution in [1.82, 2.24) is 15.0 Å². The van der Waals surface area contributed by atoms with Crippen LogP contribution in [0.25, 0.3) is 0 Å². The monoisotopic (exact) mass is 341 g/mol. The van der Waals surface area contributed by atoms with Crippen LogP contribution in [0.4, 0.5) is 11.6 Å². The molecule has 0 amide bonds. The topological polar surface area (TPSA) is 74.5 Å². The highest BCUT2D eigenvalue weighted by Crippen LogP contribution is 2.37. The third-order valence-electron chi connectivity index (χ3n) is 4.53. The van der Waals surface area contributed by atoms with E-state index in [2.05, 4.69) is 26.3 Å². The van der Waals surface area contributed by atoms with Gasteiger partial charge in [0.15, 0.2) is 0 Å². The number of rotatable bonds is 3. The van der Waals surface area contributed by atoms with Crippen LogP contribution in [0.15, 0.2) is 30.5 Å².